The summed E-state index contributed by atoms with van der Waals surface area (Å²) in [6.45, 7) is 4.07. The van der Waals surface area contributed by atoms with E-state index >= 15 is 0 Å². The molecule has 2 N–H and O–H groups in total. The zero-order valence-corrected chi connectivity index (χ0v) is 15.1. The summed E-state index contributed by atoms with van der Waals surface area (Å²) in [4.78, 5) is 35.7. The fourth-order valence-electron chi connectivity index (χ4n) is 2.25. The molecule has 138 valence electrons. The summed E-state index contributed by atoms with van der Waals surface area (Å²) in [6.07, 6.45) is 0.565. The molecule has 1 aromatic rings. The second kappa shape index (κ2) is 10.3. The van der Waals surface area contributed by atoms with Crippen LogP contribution in [0.15, 0.2) is 24.3 Å². The number of benzene rings is 1. The molecule has 0 fully saturated rings. The molecule has 7 nitrogen and oxygen atoms in total. The third-order valence-corrected chi connectivity index (χ3v) is 3.50. The van der Waals surface area contributed by atoms with E-state index in [1.165, 1.54) is 14.2 Å². The fraction of sp³-hybridized carbons (Fsp3) is 0.500. The van der Waals surface area contributed by atoms with Crippen molar-refractivity contribution in [3.63, 3.8) is 0 Å². The lowest BCUT2D eigenvalue weighted by molar-refractivity contribution is -0.145. The van der Waals surface area contributed by atoms with Crippen LogP contribution in [-0.2, 0) is 14.3 Å². The number of carbonyl (C=O) groups excluding carboxylic acids is 3. The molecule has 25 heavy (non-hydrogen) atoms. The van der Waals surface area contributed by atoms with E-state index in [-0.39, 0.29) is 30.7 Å². The maximum atomic E-state index is 12.0. The van der Waals surface area contributed by atoms with E-state index in [9.17, 15) is 14.4 Å². The molecule has 1 atom stereocenters. The van der Waals surface area contributed by atoms with Crippen molar-refractivity contribution in [1.29, 1.82) is 0 Å². The van der Waals surface area contributed by atoms with Crippen LogP contribution in [0.5, 0.6) is 5.75 Å². The van der Waals surface area contributed by atoms with Gasteiger partial charge in [-0.1, -0.05) is 19.9 Å². The Hall–Kier alpha value is -2.57. The minimum Gasteiger partial charge on any atom is -0.497 e. The zero-order chi connectivity index (χ0) is 18.8. The van der Waals surface area contributed by atoms with Crippen LogP contribution in [0.1, 0.15) is 37.0 Å². The molecule has 1 rings (SSSR count). The number of amides is 2. The minimum absolute atomic E-state index is 0.0707. The summed E-state index contributed by atoms with van der Waals surface area (Å²) in [5, 5.41) is 5.31. The Balaban J connectivity index is 2.47. The summed E-state index contributed by atoms with van der Waals surface area (Å²) in [5.74, 6) is -0.264. The third-order valence-electron chi connectivity index (χ3n) is 3.50. The number of hydrogen-bond donors (Lipinski definition) is 2. The Morgan fingerprint density at radius 2 is 1.88 bits per heavy atom. The van der Waals surface area contributed by atoms with Gasteiger partial charge in [-0.2, -0.15) is 0 Å². The number of esters is 1. The molecule has 0 heterocycles. The molecule has 0 aliphatic rings. The topological polar surface area (TPSA) is 93.7 Å². The highest BCUT2D eigenvalue weighted by Crippen LogP contribution is 2.12. The number of hydrogen-bond acceptors (Lipinski definition) is 5. The normalized spacial score (nSPS) is 11.6. The second-order valence-electron chi connectivity index (χ2n) is 6.01. The number of nitrogens with one attached hydrogen (secondary N) is 2. The molecule has 1 aromatic carbocycles. The molecule has 2 amide bonds. The summed E-state index contributed by atoms with van der Waals surface area (Å²) >= 11 is 0. The van der Waals surface area contributed by atoms with Crippen LogP contribution < -0.4 is 15.4 Å². The molecule has 0 spiro atoms. The Morgan fingerprint density at radius 3 is 2.48 bits per heavy atom. The van der Waals surface area contributed by atoms with Crippen LogP contribution in [0.4, 0.5) is 0 Å². The average molecular weight is 350 g/mol. The van der Waals surface area contributed by atoms with Gasteiger partial charge in [0.05, 0.1) is 14.2 Å². The van der Waals surface area contributed by atoms with Gasteiger partial charge in [0.15, 0.2) is 0 Å². The quantitative estimate of drug-likeness (QED) is 0.659. The van der Waals surface area contributed by atoms with E-state index < -0.39 is 12.0 Å². The Kier molecular flexibility index (Phi) is 8.46. The number of ether oxygens (including phenoxy) is 2. The van der Waals surface area contributed by atoms with E-state index in [4.69, 9.17) is 9.47 Å². The van der Waals surface area contributed by atoms with E-state index in [1.54, 1.807) is 24.3 Å². The first kappa shape index (κ1) is 20.5. The fourth-order valence-corrected chi connectivity index (χ4v) is 2.25. The lowest BCUT2D eigenvalue weighted by Gasteiger charge is -2.18. The van der Waals surface area contributed by atoms with Crippen molar-refractivity contribution in [3.8, 4) is 5.75 Å². The lowest BCUT2D eigenvalue weighted by Crippen LogP contribution is -2.43. The average Bonchev–Trinajstić information content (AvgIpc) is 2.59. The standard InChI is InChI=1S/C18H26N2O5/c1-12(2)10-15(18(23)25-4)20-16(21)8-9-19-17(22)13-6-5-7-14(11-13)24-3/h5-7,11-12,15H,8-10H2,1-4H3,(H,19,22)(H,20,21). The third kappa shape index (κ3) is 7.24. The molecule has 7 heteroatoms. The van der Waals surface area contributed by atoms with Crippen molar-refractivity contribution in [2.75, 3.05) is 20.8 Å². The highest BCUT2D eigenvalue weighted by molar-refractivity contribution is 5.94. The number of methoxy groups -OCH3 is 2. The van der Waals surface area contributed by atoms with Gasteiger partial charge >= 0.3 is 5.97 Å². The lowest BCUT2D eigenvalue weighted by atomic mass is 10.0. The molecule has 0 aromatic heterocycles. The van der Waals surface area contributed by atoms with Gasteiger partial charge in [-0.15, -0.1) is 0 Å². The maximum absolute atomic E-state index is 12.0. The molecule has 0 aliphatic heterocycles. The molecule has 0 saturated carbocycles. The summed E-state index contributed by atoms with van der Waals surface area (Å²) in [6, 6.07) is 6.06. The molecule has 0 bridgehead atoms. The van der Waals surface area contributed by atoms with Crippen LogP contribution in [0.3, 0.4) is 0 Å². The molecule has 0 radical (unpaired) electrons. The highest BCUT2D eigenvalue weighted by atomic mass is 16.5. The van der Waals surface area contributed by atoms with E-state index in [1.807, 2.05) is 13.8 Å². The van der Waals surface area contributed by atoms with Crippen molar-refractivity contribution in [3.05, 3.63) is 29.8 Å². The van der Waals surface area contributed by atoms with Crippen LogP contribution in [0.25, 0.3) is 0 Å². The van der Waals surface area contributed by atoms with E-state index in [2.05, 4.69) is 10.6 Å². The molecule has 0 saturated heterocycles. The molecule has 0 aliphatic carbocycles. The predicted octanol–water partition coefficient (Wildman–Crippen LogP) is 1.52. The van der Waals surface area contributed by atoms with Gasteiger partial charge in [0.25, 0.3) is 5.91 Å². The van der Waals surface area contributed by atoms with Gasteiger partial charge in [0.1, 0.15) is 11.8 Å². The van der Waals surface area contributed by atoms with Gasteiger partial charge in [0, 0.05) is 18.5 Å². The first-order valence-electron chi connectivity index (χ1n) is 8.16. The van der Waals surface area contributed by atoms with Crippen molar-refractivity contribution < 1.29 is 23.9 Å². The van der Waals surface area contributed by atoms with Crippen molar-refractivity contribution >= 4 is 17.8 Å². The van der Waals surface area contributed by atoms with Gasteiger partial charge in [0.2, 0.25) is 5.91 Å². The van der Waals surface area contributed by atoms with E-state index in [0.29, 0.717) is 17.7 Å². The Bertz CT molecular complexity index is 601. The number of rotatable bonds is 9. The molecular weight excluding hydrogens is 324 g/mol. The van der Waals surface area contributed by atoms with Crippen LogP contribution in [-0.4, -0.2) is 44.6 Å². The maximum Gasteiger partial charge on any atom is 0.328 e. The van der Waals surface area contributed by atoms with Gasteiger partial charge in [-0.3, -0.25) is 9.59 Å². The monoisotopic (exact) mass is 350 g/mol. The first-order valence-corrected chi connectivity index (χ1v) is 8.16. The smallest absolute Gasteiger partial charge is 0.328 e. The van der Waals surface area contributed by atoms with Gasteiger partial charge < -0.3 is 20.1 Å². The predicted molar refractivity (Wildman–Crippen MR) is 93.3 cm³/mol. The van der Waals surface area contributed by atoms with Gasteiger partial charge in [-0.05, 0) is 30.5 Å². The SMILES string of the molecule is COC(=O)C(CC(C)C)NC(=O)CCNC(=O)c1cccc(OC)c1. The number of carbonyl (C=O) groups is 3. The van der Waals surface area contributed by atoms with E-state index in [0.717, 1.165) is 0 Å². The van der Waals surface area contributed by atoms with Crippen molar-refractivity contribution in [2.24, 2.45) is 5.92 Å². The van der Waals surface area contributed by atoms with Gasteiger partial charge in [-0.25, -0.2) is 4.79 Å². The first-order chi connectivity index (χ1) is 11.9. The van der Waals surface area contributed by atoms with Crippen LogP contribution in [0, 0.1) is 5.92 Å². The highest BCUT2D eigenvalue weighted by Gasteiger charge is 2.22. The Labute approximate surface area is 148 Å². The molecule has 1 unspecified atom stereocenters. The largest absolute Gasteiger partial charge is 0.497 e. The van der Waals surface area contributed by atoms with Crippen LogP contribution >= 0.6 is 0 Å². The second-order valence-corrected chi connectivity index (χ2v) is 6.01. The van der Waals surface area contributed by atoms with Crippen molar-refractivity contribution in [1.82, 2.24) is 10.6 Å². The summed E-state index contributed by atoms with van der Waals surface area (Å²) in [7, 11) is 2.81. The van der Waals surface area contributed by atoms with Crippen LogP contribution in [0.2, 0.25) is 0 Å². The molecular formula is C18H26N2O5. The summed E-state index contributed by atoms with van der Waals surface area (Å²) in [5.41, 5.74) is 0.451. The zero-order valence-electron chi connectivity index (χ0n) is 15.1. The minimum atomic E-state index is -0.674. The summed E-state index contributed by atoms with van der Waals surface area (Å²) < 4.78 is 9.77. The Morgan fingerprint density at radius 1 is 1.16 bits per heavy atom. The van der Waals surface area contributed by atoms with Crippen molar-refractivity contribution in [2.45, 2.75) is 32.7 Å².